The molecule has 1 amide bonds. The number of hydrogen-bond acceptors (Lipinski definition) is 2. The number of rotatable bonds is 5. The van der Waals surface area contributed by atoms with Gasteiger partial charge in [-0.25, -0.2) is 0 Å². The summed E-state index contributed by atoms with van der Waals surface area (Å²) in [6, 6.07) is 8.40. The first-order chi connectivity index (χ1) is 9.26. The van der Waals surface area contributed by atoms with E-state index < -0.39 is 0 Å². The van der Waals surface area contributed by atoms with E-state index >= 15 is 0 Å². The van der Waals surface area contributed by atoms with Crippen LogP contribution in [0.5, 0.6) is 5.75 Å². The van der Waals surface area contributed by atoms with Crippen LogP contribution in [0.2, 0.25) is 0 Å². The lowest BCUT2D eigenvalue weighted by Crippen LogP contribution is -2.35. The normalized spacial score (nSPS) is 18.6. The van der Waals surface area contributed by atoms with E-state index in [0.717, 1.165) is 43.5 Å². The number of carbonyl (C=O) groups excluding carboxylic acids is 1. The molecule has 1 saturated heterocycles. The number of benzene rings is 1. The van der Waals surface area contributed by atoms with Gasteiger partial charge in [0.1, 0.15) is 5.75 Å². The maximum Gasteiger partial charge on any atom is 0.223 e. The van der Waals surface area contributed by atoms with Crippen LogP contribution in [0.3, 0.4) is 0 Å². The van der Waals surface area contributed by atoms with Crippen LogP contribution in [0, 0.1) is 0 Å². The molecule has 0 saturated carbocycles. The molecule has 0 N–H and O–H groups in total. The van der Waals surface area contributed by atoms with Crippen molar-refractivity contribution < 1.29 is 9.53 Å². The molecule has 1 unspecified atom stereocenters. The topological polar surface area (TPSA) is 29.5 Å². The summed E-state index contributed by atoms with van der Waals surface area (Å²) in [4.78, 5) is 14.3. The van der Waals surface area contributed by atoms with Crippen LogP contribution in [0.15, 0.2) is 24.3 Å². The highest BCUT2D eigenvalue weighted by atomic mass is 16.5. The molecular formula is C16H23NO2. The number of methoxy groups -OCH3 is 1. The Kier molecular flexibility index (Phi) is 4.83. The third-order valence-corrected chi connectivity index (χ3v) is 3.97. The van der Waals surface area contributed by atoms with Gasteiger partial charge >= 0.3 is 0 Å². The van der Waals surface area contributed by atoms with Gasteiger partial charge in [-0.15, -0.1) is 0 Å². The number of ether oxygens (including phenoxy) is 1. The van der Waals surface area contributed by atoms with Crippen LogP contribution in [0.4, 0.5) is 0 Å². The first-order valence-electron chi connectivity index (χ1n) is 7.17. The minimum Gasteiger partial charge on any atom is -0.496 e. The molecule has 1 fully saturated rings. The van der Waals surface area contributed by atoms with Crippen LogP contribution >= 0.6 is 0 Å². The second-order valence-corrected chi connectivity index (χ2v) is 5.10. The largest absolute Gasteiger partial charge is 0.496 e. The number of nitrogens with zero attached hydrogens (tertiary/aromatic N) is 1. The molecule has 1 aromatic rings. The molecule has 0 aliphatic carbocycles. The zero-order valence-electron chi connectivity index (χ0n) is 11.9. The van der Waals surface area contributed by atoms with Crippen molar-refractivity contribution in [1.82, 2.24) is 4.90 Å². The van der Waals surface area contributed by atoms with Gasteiger partial charge in [-0.1, -0.05) is 25.1 Å². The standard InChI is InChI=1S/C16H23NO2/c1-3-14-8-6-12-17(14)16(18)11-10-13-7-4-5-9-15(13)19-2/h4-5,7,9,14H,3,6,8,10-12H2,1-2H3. The van der Waals surface area contributed by atoms with E-state index in [9.17, 15) is 4.79 Å². The molecular weight excluding hydrogens is 238 g/mol. The summed E-state index contributed by atoms with van der Waals surface area (Å²) in [5, 5.41) is 0. The summed E-state index contributed by atoms with van der Waals surface area (Å²) >= 11 is 0. The van der Waals surface area contributed by atoms with Crippen molar-refractivity contribution in [3.8, 4) is 5.75 Å². The summed E-state index contributed by atoms with van der Waals surface area (Å²) in [7, 11) is 1.67. The van der Waals surface area contributed by atoms with E-state index in [4.69, 9.17) is 4.74 Å². The molecule has 0 aromatic heterocycles. The summed E-state index contributed by atoms with van der Waals surface area (Å²) in [6.07, 6.45) is 4.73. The Labute approximate surface area is 115 Å². The smallest absolute Gasteiger partial charge is 0.223 e. The van der Waals surface area contributed by atoms with Crippen LogP contribution in [-0.4, -0.2) is 30.5 Å². The summed E-state index contributed by atoms with van der Waals surface area (Å²) < 4.78 is 5.32. The SMILES string of the molecule is CCC1CCCN1C(=O)CCc1ccccc1OC. The average molecular weight is 261 g/mol. The highest BCUT2D eigenvalue weighted by Crippen LogP contribution is 2.23. The Balaban J connectivity index is 1.93. The zero-order valence-corrected chi connectivity index (χ0v) is 11.9. The van der Waals surface area contributed by atoms with Crippen LogP contribution < -0.4 is 4.74 Å². The predicted molar refractivity (Wildman–Crippen MR) is 76.3 cm³/mol. The van der Waals surface area contributed by atoms with Crippen LogP contribution in [0.1, 0.15) is 38.2 Å². The average Bonchev–Trinajstić information content (AvgIpc) is 2.93. The first kappa shape index (κ1) is 13.9. The van der Waals surface area contributed by atoms with Crippen LogP contribution in [0.25, 0.3) is 0 Å². The van der Waals surface area contributed by atoms with Crippen molar-refractivity contribution in [2.24, 2.45) is 0 Å². The number of amides is 1. The fourth-order valence-corrected chi connectivity index (χ4v) is 2.88. The minimum absolute atomic E-state index is 0.287. The molecule has 2 rings (SSSR count). The molecule has 104 valence electrons. The zero-order chi connectivity index (χ0) is 13.7. The quantitative estimate of drug-likeness (QED) is 0.815. The van der Waals surface area contributed by atoms with Gasteiger partial charge in [0.2, 0.25) is 5.91 Å². The van der Waals surface area contributed by atoms with Gasteiger partial charge in [-0.2, -0.15) is 0 Å². The number of carbonyl (C=O) groups is 1. The van der Waals surface area contributed by atoms with E-state index in [2.05, 4.69) is 11.8 Å². The van der Waals surface area contributed by atoms with Gasteiger partial charge in [0.15, 0.2) is 0 Å². The van der Waals surface area contributed by atoms with Gasteiger partial charge in [0.25, 0.3) is 0 Å². The predicted octanol–water partition coefficient (Wildman–Crippen LogP) is 3.03. The number of para-hydroxylation sites is 1. The Hall–Kier alpha value is -1.51. The van der Waals surface area contributed by atoms with Gasteiger partial charge in [-0.3, -0.25) is 4.79 Å². The number of hydrogen-bond donors (Lipinski definition) is 0. The van der Waals surface area contributed by atoms with E-state index in [0.29, 0.717) is 12.5 Å². The van der Waals surface area contributed by atoms with Crippen molar-refractivity contribution in [2.75, 3.05) is 13.7 Å². The molecule has 1 aliphatic rings. The second kappa shape index (κ2) is 6.60. The van der Waals surface area contributed by atoms with Gasteiger partial charge < -0.3 is 9.64 Å². The fraction of sp³-hybridized carbons (Fsp3) is 0.562. The summed E-state index contributed by atoms with van der Waals surface area (Å²) in [6.45, 7) is 3.10. The lowest BCUT2D eigenvalue weighted by molar-refractivity contribution is -0.132. The Morgan fingerprint density at radius 3 is 2.95 bits per heavy atom. The molecule has 3 nitrogen and oxygen atoms in total. The fourth-order valence-electron chi connectivity index (χ4n) is 2.88. The molecule has 19 heavy (non-hydrogen) atoms. The Morgan fingerprint density at radius 2 is 2.21 bits per heavy atom. The number of aryl methyl sites for hydroxylation is 1. The van der Waals surface area contributed by atoms with E-state index in [1.807, 2.05) is 24.3 Å². The Morgan fingerprint density at radius 1 is 1.42 bits per heavy atom. The van der Waals surface area contributed by atoms with Gasteiger partial charge in [0.05, 0.1) is 7.11 Å². The highest BCUT2D eigenvalue weighted by Gasteiger charge is 2.26. The van der Waals surface area contributed by atoms with Gasteiger partial charge in [0, 0.05) is 19.0 Å². The lowest BCUT2D eigenvalue weighted by atomic mass is 10.1. The first-order valence-corrected chi connectivity index (χ1v) is 7.17. The molecule has 0 radical (unpaired) electrons. The molecule has 1 heterocycles. The van der Waals surface area contributed by atoms with Crippen molar-refractivity contribution in [2.45, 2.75) is 45.1 Å². The van der Waals surface area contributed by atoms with Gasteiger partial charge in [-0.05, 0) is 37.3 Å². The summed E-state index contributed by atoms with van der Waals surface area (Å²) in [5.41, 5.74) is 1.12. The van der Waals surface area contributed by atoms with E-state index in [1.165, 1.54) is 0 Å². The van der Waals surface area contributed by atoms with Crippen molar-refractivity contribution >= 4 is 5.91 Å². The van der Waals surface area contributed by atoms with Crippen molar-refractivity contribution in [3.05, 3.63) is 29.8 Å². The third-order valence-electron chi connectivity index (χ3n) is 3.97. The molecule has 1 atom stereocenters. The molecule has 1 aromatic carbocycles. The monoisotopic (exact) mass is 261 g/mol. The maximum absolute atomic E-state index is 12.3. The minimum atomic E-state index is 0.287. The molecule has 0 bridgehead atoms. The van der Waals surface area contributed by atoms with Crippen molar-refractivity contribution in [1.29, 1.82) is 0 Å². The Bertz CT molecular complexity index is 431. The highest BCUT2D eigenvalue weighted by molar-refractivity contribution is 5.77. The lowest BCUT2D eigenvalue weighted by Gasteiger charge is -2.23. The molecule has 3 heteroatoms. The molecule has 0 spiro atoms. The van der Waals surface area contributed by atoms with Crippen molar-refractivity contribution in [3.63, 3.8) is 0 Å². The maximum atomic E-state index is 12.3. The number of likely N-dealkylation sites (tertiary alicyclic amines) is 1. The molecule has 1 aliphatic heterocycles. The summed E-state index contributed by atoms with van der Waals surface area (Å²) in [5.74, 6) is 1.17. The van der Waals surface area contributed by atoms with E-state index in [-0.39, 0.29) is 5.91 Å². The second-order valence-electron chi connectivity index (χ2n) is 5.10. The van der Waals surface area contributed by atoms with E-state index in [1.54, 1.807) is 7.11 Å². The van der Waals surface area contributed by atoms with Crippen LogP contribution in [-0.2, 0) is 11.2 Å². The third kappa shape index (κ3) is 3.28.